The number of piperidine rings is 1. The van der Waals surface area contributed by atoms with Crippen LogP contribution < -0.4 is 0 Å². The molecule has 17 heavy (non-hydrogen) atoms. The predicted octanol–water partition coefficient (Wildman–Crippen LogP) is 1.69. The maximum absolute atomic E-state index is 11.2. The first-order valence-corrected chi connectivity index (χ1v) is 6.63. The van der Waals surface area contributed by atoms with Crippen LogP contribution in [0.1, 0.15) is 32.6 Å². The van der Waals surface area contributed by atoms with E-state index in [9.17, 15) is 4.79 Å². The summed E-state index contributed by atoms with van der Waals surface area (Å²) in [4.78, 5) is 13.7. The number of likely N-dealkylation sites (tertiary alicyclic amines) is 1. The summed E-state index contributed by atoms with van der Waals surface area (Å²) >= 11 is 0. The molecule has 1 saturated heterocycles. The van der Waals surface area contributed by atoms with Gasteiger partial charge in [0.05, 0.1) is 13.2 Å². The first-order valence-electron chi connectivity index (χ1n) is 6.63. The number of carbonyl (C=O) groups excluding carboxylic acids is 1. The number of methoxy groups -OCH3 is 1. The van der Waals surface area contributed by atoms with Crippen LogP contribution in [0.5, 0.6) is 0 Å². The summed E-state index contributed by atoms with van der Waals surface area (Å²) in [5, 5.41) is 0. The average Bonchev–Trinajstić information content (AvgIpc) is 2.35. The molecule has 0 aromatic rings. The Morgan fingerprint density at radius 1 is 1.35 bits per heavy atom. The number of nitrogens with zero attached hydrogens (tertiary/aromatic N) is 1. The van der Waals surface area contributed by atoms with Gasteiger partial charge in [-0.05, 0) is 45.2 Å². The Morgan fingerprint density at radius 3 is 2.65 bits per heavy atom. The van der Waals surface area contributed by atoms with E-state index in [1.165, 1.54) is 12.8 Å². The zero-order valence-corrected chi connectivity index (χ0v) is 11.1. The summed E-state index contributed by atoms with van der Waals surface area (Å²) in [6.45, 7) is 6.46. The molecule has 0 aromatic heterocycles. The van der Waals surface area contributed by atoms with E-state index in [0.717, 1.165) is 32.7 Å². The van der Waals surface area contributed by atoms with Crippen LogP contribution in [-0.4, -0.2) is 50.8 Å². The topological polar surface area (TPSA) is 38.8 Å². The van der Waals surface area contributed by atoms with Crippen LogP contribution in [0, 0.1) is 5.92 Å². The van der Waals surface area contributed by atoms with E-state index < -0.39 is 0 Å². The molecule has 0 unspecified atom stereocenters. The van der Waals surface area contributed by atoms with Gasteiger partial charge in [0.25, 0.3) is 0 Å². The molecule has 0 spiro atoms. The van der Waals surface area contributed by atoms with Gasteiger partial charge in [-0.25, -0.2) is 0 Å². The van der Waals surface area contributed by atoms with Crippen molar-refractivity contribution in [3.05, 3.63) is 0 Å². The zero-order chi connectivity index (χ0) is 12.5. The van der Waals surface area contributed by atoms with Crippen LogP contribution in [0.3, 0.4) is 0 Å². The molecule has 4 nitrogen and oxygen atoms in total. The predicted molar refractivity (Wildman–Crippen MR) is 66.9 cm³/mol. The third-order valence-corrected chi connectivity index (χ3v) is 3.38. The van der Waals surface area contributed by atoms with E-state index in [-0.39, 0.29) is 5.97 Å². The largest absolute Gasteiger partial charge is 0.466 e. The molecule has 100 valence electrons. The van der Waals surface area contributed by atoms with E-state index in [2.05, 4.69) is 4.90 Å². The second-order valence-corrected chi connectivity index (χ2v) is 4.62. The highest BCUT2D eigenvalue weighted by Gasteiger charge is 2.19. The van der Waals surface area contributed by atoms with Gasteiger partial charge in [0, 0.05) is 20.1 Å². The first-order chi connectivity index (χ1) is 8.26. The molecule has 0 bridgehead atoms. The molecule has 1 rings (SSSR count). The molecule has 1 aliphatic heterocycles. The summed E-state index contributed by atoms with van der Waals surface area (Å²) in [6.07, 6.45) is 3.96. The normalized spacial score (nSPS) is 18.2. The minimum atomic E-state index is -0.0469. The third-order valence-electron chi connectivity index (χ3n) is 3.38. The molecule has 1 aliphatic rings. The van der Waals surface area contributed by atoms with Crippen LogP contribution in [0.4, 0.5) is 0 Å². The summed E-state index contributed by atoms with van der Waals surface area (Å²) in [5.74, 6) is 0.646. The summed E-state index contributed by atoms with van der Waals surface area (Å²) < 4.78 is 10.0. The molecular formula is C13H25NO3. The summed E-state index contributed by atoms with van der Waals surface area (Å²) in [7, 11) is 1.74. The van der Waals surface area contributed by atoms with Gasteiger partial charge >= 0.3 is 5.97 Å². The lowest BCUT2D eigenvalue weighted by molar-refractivity contribution is -0.143. The Kier molecular flexibility index (Phi) is 7.21. The number of rotatable bonds is 7. The molecule has 0 amide bonds. The fourth-order valence-electron chi connectivity index (χ4n) is 2.27. The Hall–Kier alpha value is -0.610. The van der Waals surface area contributed by atoms with Crippen molar-refractivity contribution in [3.8, 4) is 0 Å². The smallest absolute Gasteiger partial charge is 0.305 e. The van der Waals surface area contributed by atoms with E-state index in [4.69, 9.17) is 9.47 Å². The summed E-state index contributed by atoms with van der Waals surface area (Å²) in [5.41, 5.74) is 0. The van der Waals surface area contributed by atoms with Gasteiger partial charge in [-0.3, -0.25) is 4.79 Å². The molecule has 0 atom stereocenters. The van der Waals surface area contributed by atoms with Crippen molar-refractivity contribution >= 4 is 5.97 Å². The fourth-order valence-corrected chi connectivity index (χ4v) is 2.27. The second-order valence-electron chi connectivity index (χ2n) is 4.62. The Labute approximate surface area is 104 Å². The van der Waals surface area contributed by atoms with Crippen molar-refractivity contribution in [2.24, 2.45) is 5.92 Å². The molecule has 0 aliphatic carbocycles. The van der Waals surface area contributed by atoms with Gasteiger partial charge < -0.3 is 14.4 Å². The molecule has 4 heteroatoms. The van der Waals surface area contributed by atoms with Gasteiger partial charge in [-0.1, -0.05) is 0 Å². The van der Waals surface area contributed by atoms with Gasteiger partial charge in [0.2, 0.25) is 0 Å². The van der Waals surface area contributed by atoms with Crippen molar-refractivity contribution in [2.45, 2.75) is 32.6 Å². The van der Waals surface area contributed by atoms with E-state index in [1.807, 2.05) is 6.92 Å². The first kappa shape index (κ1) is 14.5. The molecule has 0 radical (unpaired) electrons. The SMILES string of the molecule is CCOC(=O)CCC1CCN(CCOC)CC1. The lowest BCUT2D eigenvalue weighted by Gasteiger charge is -2.31. The highest BCUT2D eigenvalue weighted by molar-refractivity contribution is 5.69. The molecular weight excluding hydrogens is 218 g/mol. The van der Waals surface area contributed by atoms with E-state index in [1.54, 1.807) is 7.11 Å². The van der Waals surface area contributed by atoms with Gasteiger partial charge in [-0.2, -0.15) is 0 Å². The molecule has 0 N–H and O–H groups in total. The highest BCUT2D eigenvalue weighted by Crippen LogP contribution is 2.21. The standard InChI is InChI=1S/C13H25NO3/c1-3-17-13(15)5-4-12-6-8-14(9-7-12)10-11-16-2/h12H,3-11H2,1-2H3. The van der Waals surface area contributed by atoms with Crippen LogP contribution in [-0.2, 0) is 14.3 Å². The summed E-state index contributed by atoms with van der Waals surface area (Å²) in [6, 6.07) is 0. The second kappa shape index (κ2) is 8.48. The third kappa shape index (κ3) is 6.03. The van der Waals surface area contributed by atoms with Crippen LogP contribution >= 0.6 is 0 Å². The van der Waals surface area contributed by atoms with Crippen molar-refractivity contribution < 1.29 is 14.3 Å². The maximum Gasteiger partial charge on any atom is 0.305 e. The number of hydrogen-bond acceptors (Lipinski definition) is 4. The Morgan fingerprint density at radius 2 is 2.06 bits per heavy atom. The van der Waals surface area contributed by atoms with Crippen LogP contribution in [0.25, 0.3) is 0 Å². The molecule has 1 fully saturated rings. The van der Waals surface area contributed by atoms with E-state index >= 15 is 0 Å². The monoisotopic (exact) mass is 243 g/mol. The highest BCUT2D eigenvalue weighted by atomic mass is 16.5. The lowest BCUT2D eigenvalue weighted by Crippen LogP contribution is -2.36. The van der Waals surface area contributed by atoms with Crippen molar-refractivity contribution in [1.29, 1.82) is 0 Å². The van der Waals surface area contributed by atoms with Crippen molar-refractivity contribution in [3.63, 3.8) is 0 Å². The quantitative estimate of drug-likeness (QED) is 0.638. The fraction of sp³-hybridized carbons (Fsp3) is 0.923. The van der Waals surface area contributed by atoms with Crippen LogP contribution in [0.15, 0.2) is 0 Å². The minimum absolute atomic E-state index is 0.0469. The average molecular weight is 243 g/mol. The number of ether oxygens (including phenoxy) is 2. The molecule has 1 heterocycles. The zero-order valence-electron chi connectivity index (χ0n) is 11.1. The number of esters is 1. The number of hydrogen-bond donors (Lipinski definition) is 0. The maximum atomic E-state index is 11.2. The molecule has 0 aromatic carbocycles. The minimum Gasteiger partial charge on any atom is -0.466 e. The van der Waals surface area contributed by atoms with Crippen molar-refractivity contribution in [1.82, 2.24) is 4.90 Å². The van der Waals surface area contributed by atoms with Gasteiger partial charge in [-0.15, -0.1) is 0 Å². The van der Waals surface area contributed by atoms with E-state index in [0.29, 0.717) is 18.9 Å². The van der Waals surface area contributed by atoms with Crippen LogP contribution in [0.2, 0.25) is 0 Å². The van der Waals surface area contributed by atoms with Gasteiger partial charge in [0.1, 0.15) is 0 Å². The van der Waals surface area contributed by atoms with Gasteiger partial charge in [0.15, 0.2) is 0 Å². The Bertz CT molecular complexity index is 213. The van der Waals surface area contributed by atoms with Crippen molar-refractivity contribution in [2.75, 3.05) is 40.0 Å². The lowest BCUT2D eigenvalue weighted by atomic mass is 9.92. The Balaban J connectivity index is 2.08. The number of carbonyl (C=O) groups is 1. The molecule has 0 saturated carbocycles.